The van der Waals surface area contributed by atoms with E-state index < -0.39 is 0 Å². The van der Waals surface area contributed by atoms with E-state index in [1.807, 2.05) is 81.1 Å². The lowest BCUT2D eigenvalue weighted by molar-refractivity contribution is 0.0656. The fourth-order valence-corrected chi connectivity index (χ4v) is 5.13. The normalized spacial score (nSPS) is 14.4. The van der Waals surface area contributed by atoms with Crippen LogP contribution in [0.3, 0.4) is 0 Å². The van der Waals surface area contributed by atoms with Crippen LogP contribution in [0.1, 0.15) is 60.8 Å². The van der Waals surface area contributed by atoms with Gasteiger partial charge in [0, 0.05) is 6.54 Å². The number of para-hydroxylation sites is 1. The summed E-state index contributed by atoms with van der Waals surface area (Å²) in [5.74, 6) is 3.35. The summed E-state index contributed by atoms with van der Waals surface area (Å²) < 4.78 is 29.1. The second-order valence-electron chi connectivity index (χ2n) is 9.18. The molecule has 39 heavy (non-hydrogen) atoms. The Morgan fingerprint density at radius 2 is 1.38 bits per heavy atom. The highest BCUT2D eigenvalue weighted by Gasteiger charge is 2.34. The third kappa shape index (κ3) is 6.24. The predicted molar refractivity (Wildman–Crippen MR) is 152 cm³/mol. The maximum absolute atomic E-state index is 14.0. The molecule has 1 amide bonds. The lowest BCUT2D eigenvalue weighted by atomic mass is 9.87. The van der Waals surface area contributed by atoms with Crippen molar-refractivity contribution in [2.75, 3.05) is 40.1 Å². The highest BCUT2D eigenvalue weighted by atomic mass is 16.5. The first-order valence-corrected chi connectivity index (χ1v) is 13.8. The molecule has 1 aliphatic heterocycles. The van der Waals surface area contributed by atoms with Gasteiger partial charge in [0.05, 0.1) is 45.1 Å². The van der Waals surface area contributed by atoms with Gasteiger partial charge in [0.2, 0.25) is 0 Å². The zero-order valence-corrected chi connectivity index (χ0v) is 23.6. The van der Waals surface area contributed by atoms with Gasteiger partial charge in [-0.3, -0.25) is 4.79 Å². The van der Waals surface area contributed by atoms with Gasteiger partial charge < -0.3 is 28.6 Å². The van der Waals surface area contributed by atoms with E-state index in [4.69, 9.17) is 23.7 Å². The van der Waals surface area contributed by atoms with Crippen molar-refractivity contribution in [1.82, 2.24) is 4.90 Å². The molecular formula is C32H39NO6. The Balaban J connectivity index is 1.80. The Morgan fingerprint density at radius 1 is 0.769 bits per heavy atom. The summed E-state index contributed by atoms with van der Waals surface area (Å²) in [6.07, 6.45) is 1.31. The maximum atomic E-state index is 14.0. The molecule has 1 heterocycles. The standard InChI is InChI=1S/C32H39NO6/c1-6-36-28-15-14-22(19-29(28)37-7-2)18-26-25-21-31(39-9-4)30(38-8-3)20-23(25)16-17-33(26)32(34)24-12-10-11-13-27(24)35-5/h10-15,19-21,26H,6-9,16-18H2,1-5H3. The minimum absolute atomic E-state index is 0.0640. The van der Waals surface area contributed by atoms with Crippen molar-refractivity contribution < 1.29 is 28.5 Å². The number of hydrogen-bond donors (Lipinski definition) is 0. The largest absolute Gasteiger partial charge is 0.496 e. The van der Waals surface area contributed by atoms with Crippen molar-refractivity contribution >= 4 is 5.91 Å². The Morgan fingerprint density at radius 3 is 2.05 bits per heavy atom. The molecule has 0 saturated heterocycles. The Hall–Kier alpha value is -3.87. The van der Waals surface area contributed by atoms with Gasteiger partial charge in [0.1, 0.15) is 5.75 Å². The number of methoxy groups -OCH3 is 1. The minimum atomic E-state index is -0.228. The number of carbonyl (C=O) groups excluding carboxylic acids is 1. The second kappa shape index (κ2) is 13.3. The Bertz CT molecular complexity index is 1270. The molecule has 0 N–H and O–H groups in total. The minimum Gasteiger partial charge on any atom is -0.496 e. The van der Waals surface area contributed by atoms with E-state index in [2.05, 4.69) is 6.07 Å². The predicted octanol–water partition coefficient (Wildman–Crippen LogP) is 6.27. The second-order valence-corrected chi connectivity index (χ2v) is 9.18. The lowest BCUT2D eigenvalue weighted by Gasteiger charge is -2.38. The van der Waals surface area contributed by atoms with Crippen LogP contribution in [-0.4, -0.2) is 50.9 Å². The number of amides is 1. The summed E-state index contributed by atoms with van der Waals surface area (Å²) in [5.41, 5.74) is 3.81. The van der Waals surface area contributed by atoms with Gasteiger partial charge in [0.25, 0.3) is 5.91 Å². The SMILES string of the molecule is CCOc1ccc(CC2c3cc(OCC)c(OCC)cc3CCN2C(=O)c2ccccc2OC)cc1OCC. The van der Waals surface area contributed by atoms with Crippen LogP contribution in [-0.2, 0) is 12.8 Å². The monoisotopic (exact) mass is 533 g/mol. The molecule has 3 aromatic rings. The molecule has 4 rings (SSSR count). The highest BCUT2D eigenvalue weighted by molar-refractivity contribution is 5.97. The zero-order valence-electron chi connectivity index (χ0n) is 23.6. The van der Waals surface area contributed by atoms with Gasteiger partial charge in [-0.2, -0.15) is 0 Å². The smallest absolute Gasteiger partial charge is 0.258 e. The summed E-state index contributed by atoms with van der Waals surface area (Å²) >= 11 is 0. The molecule has 1 atom stereocenters. The van der Waals surface area contributed by atoms with E-state index in [1.165, 1.54) is 0 Å². The van der Waals surface area contributed by atoms with Crippen LogP contribution in [0.2, 0.25) is 0 Å². The molecule has 0 spiro atoms. The Labute approximate surface area is 231 Å². The number of nitrogens with zero attached hydrogens (tertiary/aromatic N) is 1. The quantitative estimate of drug-likeness (QED) is 0.273. The molecular weight excluding hydrogens is 494 g/mol. The first-order chi connectivity index (χ1) is 19.0. The van der Waals surface area contributed by atoms with E-state index >= 15 is 0 Å². The summed E-state index contributed by atoms with van der Waals surface area (Å²) in [4.78, 5) is 16.0. The van der Waals surface area contributed by atoms with Gasteiger partial charge in [-0.1, -0.05) is 18.2 Å². The molecule has 0 fully saturated rings. The number of ether oxygens (including phenoxy) is 5. The fourth-order valence-electron chi connectivity index (χ4n) is 5.13. The summed E-state index contributed by atoms with van der Waals surface area (Å²) in [6, 6.07) is 17.3. The average Bonchev–Trinajstić information content (AvgIpc) is 2.95. The van der Waals surface area contributed by atoms with Gasteiger partial charge in [-0.15, -0.1) is 0 Å². The van der Waals surface area contributed by atoms with Crippen molar-refractivity contribution in [1.29, 1.82) is 0 Å². The van der Waals surface area contributed by atoms with Crippen molar-refractivity contribution in [3.63, 3.8) is 0 Å². The fraction of sp³-hybridized carbons (Fsp3) is 0.406. The van der Waals surface area contributed by atoms with Crippen LogP contribution < -0.4 is 23.7 Å². The van der Waals surface area contributed by atoms with E-state index in [9.17, 15) is 4.79 Å². The van der Waals surface area contributed by atoms with Crippen LogP contribution in [0.25, 0.3) is 0 Å². The van der Waals surface area contributed by atoms with Gasteiger partial charge in [-0.05, 0) is 93.6 Å². The summed E-state index contributed by atoms with van der Waals surface area (Å²) in [5, 5.41) is 0. The lowest BCUT2D eigenvalue weighted by Crippen LogP contribution is -2.41. The van der Waals surface area contributed by atoms with Crippen LogP contribution in [0.4, 0.5) is 0 Å². The Kier molecular flexibility index (Phi) is 9.58. The molecule has 208 valence electrons. The molecule has 1 unspecified atom stereocenters. The van der Waals surface area contributed by atoms with Crippen LogP contribution in [0.5, 0.6) is 28.7 Å². The van der Waals surface area contributed by atoms with Gasteiger partial charge >= 0.3 is 0 Å². The first-order valence-electron chi connectivity index (χ1n) is 13.8. The van der Waals surface area contributed by atoms with Gasteiger partial charge in [-0.25, -0.2) is 0 Å². The number of benzene rings is 3. The third-order valence-electron chi connectivity index (χ3n) is 6.80. The molecule has 0 aromatic heterocycles. The van der Waals surface area contributed by atoms with Crippen molar-refractivity contribution in [2.45, 2.75) is 46.6 Å². The number of carbonyl (C=O) groups is 1. The highest BCUT2D eigenvalue weighted by Crippen LogP contribution is 2.41. The van der Waals surface area contributed by atoms with Crippen molar-refractivity contribution in [2.24, 2.45) is 0 Å². The summed E-state index contributed by atoms with van der Waals surface area (Å²) in [7, 11) is 1.59. The van der Waals surface area contributed by atoms with Gasteiger partial charge in [0.15, 0.2) is 23.0 Å². The van der Waals surface area contributed by atoms with Crippen LogP contribution >= 0.6 is 0 Å². The van der Waals surface area contributed by atoms with E-state index in [0.29, 0.717) is 74.4 Å². The van der Waals surface area contributed by atoms with E-state index in [0.717, 1.165) is 22.4 Å². The molecule has 0 radical (unpaired) electrons. The number of rotatable bonds is 12. The molecule has 3 aromatic carbocycles. The number of fused-ring (bicyclic) bond motifs is 1. The summed E-state index contributed by atoms with van der Waals surface area (Å²) in [6.45, 7) is 10.6. The van der Waals surface area contributed by atoms with Crippen LogP contribution in [0.15, 0.2) is 54.6 Å². The van der Waals surface area contributed by atoms with E-state index in [-0.39, 0.29) is 11.9 Å². The number of hydrogen-bond acceptors (Lipinski definition) is 6. The molecule has 7 nitrogen and oxygen atoms in total. The van der Waals surface area contributed by atoms with Crippen molar-refractivity contribution in [3.8, 4) is 28.7 Å². The molecule has 1 aliphatic rings. The average molecular weight is 534 g/mol. The van der Waals surface area contributed by atoms with Crippen molar-refractivity contribution in [3.05, 3.63) is 76.9 Å². The molecule has 0 bridgehead atoms. The first kappa shape index (κ1) is 28.1. The molecule has 7 heteroatoms. The van der Waals surface area contributed by atoms with E-state index in [1.54, 1.807) is 7.11 Å². The molecule has 0 saturated carbocycles. The zero-order chi connectivity index (χ0) is 27.8. The maximum Gasteiger partial charge on any atom is 0.258 e. The third-order valence-corrected chi connectivity index (χ3v) is 6.80. The topological polar surface area (TPSA) is 66.5 Å². The molecule has 0 aliphatic carbocycles. The van der Waals surface area contributed by atoms with Crippen LogP contribution in [0, 0.1) is 0 Å².